The monoisotopic (exact) mass is 676 g/mol. The molecule has 2 aromatic heterocycles. The number of anilines is 6. The molecule has 11 rings (SSSR count). The lowest BCUT2D eigenvalue weighted by atomic mass is 9.99. The Hall–Kier alpha value is -7.12. The van der Waals surface area contributed by atoms with Crippen molar-refractivity contribution >= 4 is 72.2 Å². The number of benzene rings is 7. The zero-order valence-electron chi connectivity index (χ0n) is 30.3. The SMILES string of the molecule is [2H]C([2H])([2H])c1cc2c(=O)c3cc(N4c5ccccc5Oc5ccccc54)ccc3n3c4ccc(N5c6ccccc6Oc6ccccc65)cc4c(=O)c(c1)c23. The molecule has 9 aromatic rings. The third-order valence-corrected chi connectivity index (χ3v) is 10.1. The highest BCUT2D eigenvalue weighted by Crippen LogP contribution is 2.52. The van der Waals surface area contributed by atoms with Crippen molar-refractivity contribution in [2.45, 2.75) is 6.85 Å². The minimum Gasteiger partial charge on any atom is -0.453 e. The lowest BCUT2D eigenvalue weighted by Gasteiger charge is -2.33. The number of aromatic nitrogens is 1. The molecule has 0 aliphatic carbocycles. The van der Waals surface area contributed by atoms with Gasteiger partial charge in [0.15, 0.2) is 33.9 Å². The van der Waals surface area contributed by atoms with Crippen molar-refractivity contribution in [3.8, 4) is 23.0 Å². The maximum atomic E-state index is 14.7. The molecule has 7 nitrogen and oxygen atoms in total. The van der Waals surface area contributed by atoms with Gasteiger partial charge in [-0.3, -0.25) is 9.59 Å². The Labute approximate surface area is 300 Å². The van der Waals surface area contributed by atoms with Crippen molar-refractivity contribution in [1.82, 2.24) is 4.40 Å². The Bertz CT molecular complexity index is 2940. The van der Waals surface area contributed by atoms with Gasteiger partial charge in [0.1, 0.15) is 0 Å². The molecule has 0 unspecified atom stereocenters. The van der Waals surface area contributed by atoms with E-state index in [0.717, 1.165) is 34.1 Å². The summed E-state index contributed by atoms with van der Waals surface area (Å²) in [4.78, 5) is 33.5. The molecule has 0 saturated carbocycles. The van der Waals surface area contributed by atoms with Gasteiger partial charge < -0.3 is 23.7 Å². The molecule has 7 heteroatoms. The molecular formula is C45H27N3O4. The molecule has 0 amide bonds. The van der Waals surface area contributed by atoms with Gasteiger partial charge in [0.05, 0.1) is 39.3 Å². The van der Waals surface area contributed by atoms with Crippen molar-refractivity contribution in [3.63, 3.8) is 0 Å². The third-order valence-electron chi connectivity index (χ3n) is 10.1. The highest BCUT2D eigenvalue weighted by molar-refractivity contribution is 6.09. The molecule has 0 fully saturated rings. The summed E-state index contributed by atoms with van der Waals surface area (Å²) < 4.78 is 39.4. The fourth-order valence-electron chi connectivity index (χ4n) is 7.93. The van der Waals surface area contributed by atoms with E-state index < -0.39 is 6.85 Å². The number of aryl methyl sites for hydroxylation is 1. The zero-order valence-corrected chi connectivity index (χ0v) is 27.3. The average Bonchev–Trinajstić information content (AvgIpc) is 3.21. The molecule has 246 valence electrons. The second kappa shape index (κ2) is 10.4. The number of fused-ring (bicyclic) bond motifs is 8. The lowest BCUT2D eigenvalue weighted by Crippen LogP contribution is -2.18. The van der Waals surface area contributed by atoms with Crippen LogP contribution in [0.5, 0.6) is 23.0 Å². The summed E-state index contributed by atoms with van der Waals surface area (Å²) in [6, 6.07) is 45.1. The van der Waals surface area contributed by atoms with Crippen LogP contribution in [0.1, 0.15) is 9.68 Å². The van der Waals surface area contributed by atoms with Crippen molar-refractivity contribution in [2.24, 2.45) is 0 Å². The second-order valence-corrected chi connectivity index (χ2v) is 13.1. The van der Waals surface area contributed by atoms with E-state index >= 15 is 0 Å². The number of pyridine rings is 2. The van der Waals surface area contributed by atoms with E-state index in [1.54, 1.807) is 0 Å². The predicted molar refractivity (Wildman–Crippen MR) is 208 cm³/mol. The lowest BCUT2D eigenvalue weighted by molar-refractivity contribution is 0.477. The van der Waals surface area contributed by atoms with Gasteiger partial charge in [0, 0.05) is 37.0 Å². The first-order valence-electron chi connectivity index (χ1n) is 18.4. The van der Waals surface area contributed by atoms with Crippen LogP contribution in [0.4, 0.5) is 34.1 Å². The van der Waals surface area contributed by atoms with E-state index in [2.05, 4.69) is 9.80 Å². The summed E-state index contributed by atoms with van der Waals surface area (Å²) in [7, 11) is 0. The Morgan fingerprint density at radius 3 is 1.23 bits per heavy atom. The molecular weight excluding hydrogens is 647 g/mol. The van der Waals surface area contributed by atoms with Crippen LogP contribution in [0.2, 0.25) is 0 Å². The van der Waals surface area contributed by atoms with E-state index in [0.29, 0.717) is 50.3 Å². The van der Waals surface area contributed by atoms with Crippen molar-refractivity contribution < 1.29 is 13.6 Å². The van der Waals surface area contributed by atoms with E-state index in [1.807, 2.05) is 138 Å². The van der Waals surface area contributed by atoms with Crippen molar-refractivity contribution in [3.05, 3.63) is 172 Å². The maximum Gasteiger partial charge on any atom is 0.197 e. The van der Waals surface area contributed by atoms with E-state index in [9.17, 15) is 9.59 Å². The number of hydrogen-bond donors (Lipinski definition) is 0. The fraction of sp³-hybridized carbons (Fsp3) is 0.0222. The summed E-state index contributed by atoms with van der Waals surface area (Å²) in [6.07, 6.45) is 0. The summed E-state index contributed by atoms with van der Waals surface area (Å²) in [6.45, 7) is -2.57. The minimum atomic E-state index is -2.57. The number of ether oxygens (including phenoxy) is 2. The smallest absolute Gasteiger partial charge is 0.197 e. The number of rotatable bonds is 2. The molecule has 0 spiro atoms. The molecule has 0 saturated heterocycles. The Kier molecular flexibility index (Phi) is 5.18. The molecule has 52 heavy (non-hydrogen) atoms. The Morgan fingerprint density at radius 2 is 0.846 bits per heavy atom. The van der Waals surface area contributed by atoms with Gasteiger partial charge in [0.25, 0.3) is 0 Å². The van der Waals surface area contributed by atoms with E-state index in [4.69, 9.17) is 13.6 Å². The average molecular weight is 677 g/mol. The highest BCUT2D eigenvalue weighted by atomic mass is 16.5. The van der Waals surface area contributed by atoms with Crippen molar-refractivity contribution in [2.75, 3.05) is 9.80 Å². The van der Waals surface area contributed by atoms with Gasteiger partial charge >= 0.3 is 0 Å². The Morgan fingerprint density at radius 1 is 0.462 bits per heavy atom. The molecule has 7 aromatic carbocycles. The first-order valence-corrected chi connectivity index (χ1v) is 16.9. The van der Waals surface area contributed by atoms with Crippen LogP contribution in [-0.4, -0.2) is 4.40 Å². The zero-order chi connectivity index (χ0) is 37.2. The molecule has 0 radical (unpaired) electrons. The minimum absolute atomic E-state index is 0.0748. The maximum absolute atomic E-state index is 14.7. The van der Waals surface area contributed by atoms with Crippen LogP contribution in [0.25, 0.3) is 38.1 Å². The number of nitrogens with zero attached hydrogens (tertiary/aromatic N) is 3. The van der Waals surface area contributed by atoms with Crippen LogP contribution >= 0.6 is 0 Å². The fourth-order valence-corrected chi connectivity index (χ4v) is 7.93. The first kappa shape index (κ1) is 25.8. The van der Waals surface area contributed by atoms with Crippen LogP contribution in [0.15, 0.2) is 155 Å². The quantitative estimate of drug-likeness (QED) is 0.134. The normalized spacial score (nSPS) is 14.2. The van der Waals surface area contributed by atoms with Crippen LogP contribution in [0.3, 0.4) is 0 Å². The van der Waals surface area contributed by atoms with Gasteiger partial charge in [-0.15, -0.1) is 0 Å². The van der Waals surface area contributed by atoms with Gasteiger partial charge in [0.2, 0.25) is 0 Å². The third kappa shape index (κ3) is 3.90. The summed E-state index contributed by atoms with van der Waals surface area (Å²) in [5, 5.41) is 1.08. The number of para-hydroxylation sites is 8. The molecule has 0 atom stereocenters. The summed E-state index contributed by atoms with van der Waals surface area (Å²) in [5.41, 5.74) is 5.44. The van der Waals surface area contributed by atoms with Crippen molar-refractivity contribution in [1.29, 1.82) is 0 Å². The standard InChI is InChI=1S/C45H27N3O4/c1-26-22-31-43-32(23-26)45(50)30-25-28(47-37-12-4-8-16-41(37)52-42-17-9-5-13-38(42)47)19-21-34(30)48(43)33-20-18-27(24-29(33)44(31)49)46-35-10-2-6-14-39(35)51-40-15-7-3-11-36(40)46/h2-25H,1H3/i1D3. The molecule has 4 heterocycles. The topological polar surface area (TPSA) is 63.5 Å². The Balaban J connectivity index is 1.22. The largest absolute Gasteiger partial charge is 0.453 e. The van der Waals surface area contributed by atoms with Gasteiger partial charge in [-0.2, -0.15) is 0 Å². The second-order valence-electron chi connectivity index (χ2n) is 13.1. The highest BCUT2D eigenvalue weighted by Gasteiger charge is 2.28. The summed E-state index contributed by atoms with van der Waals surface area (Å²) in [5.74, 6) is 2.69. The molecule has 2 aliphatic heterocycles. The van der Waals surface area contributed by atoms with Gasteiger partial charge in [-0.25, -0.2) is 0 Å². The predicted octanol–water partition coefficient (Wildman–Crippen LogP) is 11.0. The van der Waals surface area contributed by atoms with E-state index in [-0.39, 0.29) is 27.2 Å². The van der Waals surface area contributed by atoms with Crippen LogP contribution < -0.4 is 30.1 Å². The van der Waals surface area contributed by atoms with Gasteiger partial charge in [-0.1, -0.05) is 48.5 Å². The first-order chi connectivity index (χ1) is 26.7. The summed E-state index contributed by atoms with van der Waals surface area (Å²) >= 11 is 0. The van der Waals surface area contributed by atoms with Crippen LogP contribution in [0, 0.1) is 6.85 Å². The number of hydrogen-bond acceptors (Lipinski definition) is 6. The molecule has 0 N–H and O–H groups in total. The van der Waals surface area contributed by atoms with Crippen LogP contribution in [-0.2, 0) is 0 Å². The molecule has 0 bridgehead atoms. The van der Waals surface area contributed by atoms with Gasteiger partial charge in [-0.05, 0) is 109 Å². The molecule has 2 aliphatic rings. The van der Waals surface area contributed by atoms with E-state index in [1.165, 1.54) is 12.1 Å².